The van der Waals surface area contributed by atoms with Gasteiger partial charge in [0.25, 0.3) is 0 Å². The van der Waals surface area contributed by atoms with E-state index < -0.39 is 6.04 Å². The zero-order valence-electron chi connectivity index (χ0n) is 8.50. The van der Waals surface area contributed by atoms with Crippen LogP contribution in [0.5, 0.6) is 0 Å². The zero-order chi connectivity index (χ0) is 10.3. The summed E-state index contributed by atoms with van der Waals surface area (Å²) >= 11 is 0. The van der Waals surface area contributed by atoms with Gasteiger partial charge in [-0.3, -0.25) is 5.41 Å². The van der Waals surface area contributed by atoms with Crippen molar-refractivity contribution < 1.29 is 9.53 Å². The van der Waals surface area contributed by atoms with E-state index in [1.807, 2.05) is 6.92 Å². The topological polar surface area (TPSA) is 88.2 Å². The number of esters is 1. The largest absolute Gasteiger partial charge is 0.464 e. The van der Waals surface area contributed by atoms with Crippen LogP contribution in [-0.4, -0.2) is 24.6 Å². The van der Waals surface area contributed by atoms with E-state index in [2.05, 4.69) is 5.32 Å². The summed E-state index contributed by atoms with van der Waals surface area (Å²) < 4.78 is 4.80. The molecule has 14 heavy (non-hydrogen) atoms. The first-order chi connectivity index (χ1) is 6.11. The lowest BCUT2D eigenvalue weighted by Crippen LogP contribution is -2.44. The van der Waals surface area contributed by atoms with Gasteiger partial charge < -0.3 is 15.8 Å². The predicted molar refractivity (Wildman–Crippen MR) is 57.6 cm³/mol. The van der Waals surface area contributed by atoms with Gasteiger partial charge in [0.1, 0.15) is 6.04 Å². The van der Waals surface area contributed by atoms with Gasteiger partial charge in [-0.1, -0.05) is 13.3 Å². The van der Waals surface area contributed by atoms with Crippen LogP contribution in [0.2, 0.25) is 0 Å². The molecule has 5 nitrogen and oxygen atoms in total. The molecule has 0 aromatic rings. The van der Waals surface area contributed by atoms with E-state index in [1.165, 1.54) is 0 Å². The number of halogens is 1. The molecule has 0 aromatic carbocycles. The zero-order valence-corrected chi connectivity index (χ0v) is 9.32. The third-order valence-electron chi connectivity index (χ3n) is 1.48. The number of nitrogens with one attached hydrogen (secondary N) is 2. The van der Waals surface area contributed by atoms with Crippen LogP contribution in [0.25, 0.3) is 0 Å². The molecular formula is C8H18ClN3O2. The Morgan fingerprint density at radius 2 is 2.14 bits per heavy atom. The molecule has 0 aliphatic carbocycles. The van der Waals surface area contributed by atoms with E-state index in [0.29, 0.717) is 13.0 Å². The maximum Gasteiger partial charge on any atom is 0.328 e. The van der Waals surface area contributed by atoms with E-state index in [4.69, 9.17) is 15.9 Å². The van der Waals surface area contributed by atoms with Crippen LogP contribution in [0.15, 0.2) is 0 Å². The van der Waals surface area contributed by atoms with Gasteiger partial charge in [0.2, 0.25) is 0 Å². The summed E-state index contributed by atoms with van der Waals surface area (Å²) in [6, 6.07) is -0.484. The summed E-state index contributed by atoms with van der Waals surface area (Å²) in [7, 11) is 0. The van der Waals surface area contributed by atoms with E-state index in [9.17, 15) is 4.79 Å². The van der Waals surface area contributed by atoms with Crippen molar-refractivity contribution in [3.05, 3.63) is 0 Å². The Balaban J connectivity index is 0. The van der Waals surface area contributed by atoms with Gasteiger partial charge in [-0.25, -0.2) is 4.79 Å². The Kier molecular flexibility index (Phi) is 9.54. The average Bonchev–Trinajstić information content (AvgIpc) is 2.03. The van der Waals surface area contributed by atoms with Crippen LogP contribution in [0, 0.1) is 5.41 Å². The van der Waals surface area contributed by atoms with Gasteiger partial charge >= 0.3 is 5.97 Å². The number of ether oxygens (including phenoxy) is 1. The first-order valence-electron chi connectivity index (χ1n) is 4.39. The molecule has 0 heterocycles. The van der Waals surface area contributed by atoms with Crippen LogP contribution >= 0.6 is 12.4 Å². The minimum atomic E-state index is -0.484. The van der Waals surface area contributed by atoms with Crippen LogP contribution in [0.3, 0.4) is 0 Å². The van der Waals surface area contributed by atoms with Crippen molar-refractivity contribution in [1.82, 2.24) is 5.32 Å². The lowest BCUT2D eigenvalue weighted by molar-refractivity contribution is -0.145. The third-order valence-corrected chi connectivity index (χ3v) is 1.48. The molecule has 0 radical (unpaired) electrons. The van der Waals surface area contributed by atoms with Gasteiger partial charge in [-0.15, -0.1) is 12.4 Å². The molecule has 0 fully saturated rings. The minimum Gasteiger partial charge on any atom is -0.464 e. The molecular weight excluding hydrogens is 206 g/mol. The van der Waals surface area contributed by atoms with Gasteiger partial charge in [0.05, 0.1) is 6.61 Å². The highest BCUT2D eigenvalue weighted by Gasteiger charge is 2.18. The number of carbonyl (C=O) groups excluding carboxylic acids is 1. The second-order valence-electron chi connectivity index (χ2n) is 2.65. The lowest BCUT2D eigenvalue weighted by atomic mass is 10.2. The van der Waals surface area contributed by atoms with Crippen LogP contribution in [0.1, 0.15) is 26.7 Å². The molecule has 0 spiro atoms. The van der Waals surface area contributed by atoms with Gasteiger partial charge in [-0.05, 0) is 13.3 Å². The van der Waals surface area contributed by atoms with Crippen molar-refractivity contribution in [1.29, 1.82) is 5.41 Å². The molecule has 6 heteroatoms. The van der Waals surface area contributed by atoms with Crippen LogP contribution in [0.4, 0.5) is 0 Å². The Morgan fingerprint density at radius 1 is 1.57 bits per heavy atom. The summed E-state index contributed by atoms with van der Waals surface area (Å²) in [5.41, 5.74) is 5.12. The molecule has 0 aliphatic heterocycles. The molecule has 84 valence electrons. The normalized spacial score (nSPS) is 11.0. The minimum absolute atomic E-state index is 0. The van der Waals surface area contributed by atoms with E-state index >= 15 is 0 Å². The van der Waals surface area contributed by atoms with E-state index in [1.54, 1.807) is 6.92 Å². The SMILES string of the molecule is CCCC(NC(=N)N)C(=O)OCC.Cl. The Labute approximate surface area is 90.3 Å². The summed E-state index contributed by atoms with van der Waals surface area (Å²) in [5.74, 6) is -0.550. The summed E-state index contributed by atoms with van der Waals surface area (Å²) in [4.78, 5) is 11.2. The molecule has 0 aliphatic rings. The van der Waals surface area contributed by atoms with E-state index in [-0.39, 0.29) is 24.3 Å². The Hall–Kier alpha value is -0.970. The molecule has 0 bridgehead atoms. The van der Waals surface area contributed by atoms with Crippen molar-refractivity contribution in [3.8, 4) is 0 Å². The highest BCUT2D eigenvalue weighted by atomic mass is 35.5. The Morgan fingerprint density at radius 3 is 2.50 bits per heavy atom. The highest BCUT2D eigenvalue weighted by molar-refractivity contribution is 5.85. The van der Waals surface area contributed by atoms with Crippen molar-refractivity contribution in [2.75, 3.05) is 6.61 Å². The van der Waals surface area contributed by atoms with Gasteiger partial charge in [0.15, 0.2) is 5.96 Å². The summed E-state index contributed by atoms with van der Waals surface area (Å²) in [5, 5.41) is 9.54. The second kappa shape index (κ2) is 8.62. The first-order valence-corrected chi connectivity index (χ1v) is 4.39. The fraction of sp³-hybridized carbons (Fsp3) is 0.750. The molecule has 1 atom stereocenters. The fourth-order valence-corrected chi connectivity index (χ4v) is 0.968. The Bertz CT molecular complexity index is 187. The molecule has 0 amide bonds. The molecule has 0 rings (SSSR count). The van der Waals surface area contributed by atoms with Crippen molar-refractivity contribution in [2.24, 2.45) is 5.73 Å². The maximum atomic E-state index is 11.2. The molecule has 4 N–H and O–H groups in total. The highest BCUT2D eigenvalue weighted by Crippen LogP contribution is 1.98. The molecule has 1 unspecified atom stereocenters. The van der Waals surface area contributed by atoms with Crippen molar-refractivity contribution >= 4 is 24.3 Å². The number of hydrogen-bond acceptors (Lipinski definition) is 3. The smallest absolute Gasteiger partial charge is 0.328 e. The third kappa shape index (κ3) is 6.54. The van der Waals surface area contributed by atoms with Crippen molar-refractivity contribution in [3.63, 3.8) is 0 Å². The maximum absolute atomic E-state index is 11.2. The summed E-state index contributed by atoms with van der Waals surface area (Å²) in [6.45, 7) is 4.04. The predicted octanol–water partition coefficient (Wildman–Crippen LogP) is 0.623. The molecule has 0 saturated heterocycles. The quantitative estimate of drug-likeness (QED) is 0.362. The number of nitrogens with two attached hydrogens (primary N) is 1. The van der Waals surface area contributed by atoms with Crippen molar-refractivity contribution in [2.45, 2.75) is 32.7 Å². The van der Waals surface area contributed by atoms with Crippen LogP contribution < -0.4 is 11.1 Å². The van der Waals surface area contributed by atoms with E-state index in [0.717, 1.165) is 6.42 Å². The fourth-order valence-electron chi connectivity index (χ4n) is 0.968. The monoisotopic (exact) mass is 223 g/mol. The standard InChI is InChI=1S/C8H17N3O2.ClH/c1-3-5-6(11-8(9)10)7(12)13-4-2;/h6H,3-5H2,1-2H3,(H4,9,10,11);1H. The number of hydrogen-bond donors (Lipinski definition) is 3. The lowest BCUT2D eigenvalue weighted by Gasteiger charge is -2.15. The van der Waals surface area contributed by atoms with Gasteiger partial charge in [0, 0.05) is 0 Å². The number of guanidine groups is 1. The summed E-state index contributed by atoms with van der Waals surface area (Å²) in [6.07, 6.45) is 1.46. The first kappa shape index (κ1) is 15.5. The van der Waals surface area contributed by atoms with Gasteiger partial charge in [-0.2, -0.15) is 0 Å². The second-order valence-corrected chi connectivity index (χ2v) is 2.65. The number of rotatable bonds is 5. The number of carbonyl (C=O) groups is 1. The average molecular weight is 224 g/mol. The molecule has 0 aromatic heterocycles. The molecule has 0 saturated carbocycles. The van der Waals surface area contributed by atoms with Crippen LogP contribution in [-0.2, 0) is 9.53 Å².